The average Bonchev–Trinajstić information content (AvgIpc) is 1.59. The molecule has 0 bridgehead atoms. The van der Waals surface area contributed by atoms with Crippen molar-refractivity contribution >= 4 is 120 Å². The molecule has 21 aromatic rings. The van der Waals surface area contributed by atoms with Crippen LogP contribution in [0.5, 0.6) is 0 Å². The molecule has 0 fully saturated rings. The zero-order chi connectivity index (χ0) is 71.1. The van der Waals surface area contributed by atoms with E-state index >= 15 is 0 Å². The fourth-order valence-corrected chi connectivity index (χ4v) is 18.1. The molecule has 1 aliphatic carbocycles. The fraction of sp³-hybridized carbons (Fsp3) is 0.0291. The molecule has 16 aromatic carbocycles. The lowest BCUT2D eigenvalue weighted by atomic mass is 9.86. The second-order valence-electron chi connectivity index (χ2n) is 29.2. The largest absolute Gasteiger partial charge is 0.313 e. The maximum Gasteiger partial charge on any atom is 0.0547 e. The first-order valence-electron chi connectivity index (χ1n) is 37.6. The molecule has 1 unspecified atom stereocenters. The van der Waals surface area contributed by atoms with E-state index in [9.17, 15) is 0 Å². The molecule has 0 aliphatic heterocycles. The van der Waals surface area contributed by atoms with Crippen molar-refractivity contribution in [3.63, 3.8) is 0 Å². The molecule has 0 spiro atoms. The third-order valence-corrected chi connectivity index (χ3v) is 23.2. The highest BCUT2D eigenvalue weighted by Gasteiger charge is 2.25. The molecule has 5 heteroatoms. The number of benzene rings is 16. The Morgan fingerprint density at radius 3 is 0.852 bits per heavy atom. The number of hydrogen-bond acceptors (Lipinski definition) is 0. The van der Waals surface area contributed by atoms with Crippen molar-refractivity contribution in [2.75, 3.05) is 0 Å². The quantitative estimate of drug-likeness (QED) is 0.123. The summed E-state index contributed by atoms with van der Waals surface area (Å²) >= 11 is 0. The van der Waals surface area contributed by atoms with Gasteiger partial charge in [0, 0.05) is 82.3 Å². The van der Waals surface area contributed by atoms with Crippen LogP contribution in [0.4, 0.5) is 0 Å². The lowest BCUT2D eigenvalue weighted by Crippen LogP contribution is -2.08. The molecule has 5 heterocycles. The van der Waals surface area contributed by atoms with E-state index in [-0.39, 0.29) is 0 Å². The molecule has 1 aliphatic rings. The molecular weight excluding hydrogens is 1310 g/mol. The molecule has 0 radical (unpaired) electrons. The topological polar surface area (TPSA) is 24.6 Å². The van der Waals surface area contributed by atoms with Gasteiger partial charge in [0.15, 0.2) is 0 Å². The van der Waals surface area contributed by atoms with Gasteiger partial charge in [-0.25, -0.2) is 0 Å². The van der Waals surface area contributed by atoms with Crippen LogP contribution in [0.25, 0.3) is 199 Å². The van der Waals surface area contributed by atoms with E-state index in [2.05, 4.69) is 412 Å². The predicted octanol–water partition coefficient (Wildman–Crippen LogP) is 27.5. The third kappa shape index (κ3) is 9.79. The molecule has 5 nitrogen and oxygen atoms in total. The summed E-state index contributed by atoms with van der Waals surface area (Å²) < 4.78 is 12.2. The molecule has 0 N–H and O–H groups in total. The van der Waals surface area contributed by atoms with E-state index < -0.39 is 0 Å². The summed E-state index contributed by atoms with van der Waals surface area (Å²) in [7, 11) is 0. The summed E-state index contributed by atoms with van der Waals surface area (Å²) in [5.74, 6) is 0.294. The monoisotopic (exact) mass is 1380 g/mol. The van der Waals surface area contributed by atoms with Crippen LogP contribution >= 0.6 is 0 Å². The van der Waals surface area contributed by atoms with Gasteiger partial charge in [-0.1, -0.05) is 237 Å². The highest BCUT2D eigenvalue weighted by Crippen LogP contribution is 2.46. The number of aromatic nitrogens is 5. The molecule has 506 valence electrons. The van der Waals surface area contributed by atoms with Crippen molar-refractivity contribution in [1.29, 1.82) is 0 Å². The van der Waals surface area contributed by atoms with Crippen molar-refractivity contribution in [3.8, 4) is 78.4 Å². The number of nitrogens with zero attached hydrogens (tertiary/aromatic N) is 5. The van der Waals surface area contributed by atoms with Gasteiger partial charge in [-0.2, -0.15) is 0 Å². The SMILES string of the molecule is CC1CC(n2c3ccccc3c3cc(-c4ccc5c(c4)c4ccccc4n5-c4ccc(-c5ccccc5)cc4)ccc32)=CC=C1c1ccc(-c2ccc3c4cc(-c5ccc6c(c5)c5cc(-c7ccc8c(c7)c7ccccc7n8-c7ccccc7)ccc5n6-c5ccccc5)ccc4n(-c4ccccc4)c3c2)cc1. The Balaban J connectivity index is 0.580. The van der Waals surface area contributed by atoms with Crippen LogP contribution in [0, 0.1) is 5.92 Å². The van der Waals surface area contributed by atoms with Gasteiger partial charge in [0.1, 0.15) is 0 Å². The standard InChI is InChI=1S/C103H69N5/c1-66-58-82(108-96-33-19-16-30-86(96)90-61-72(44-55-100(90)108)71-42-53-98-89(59-71)85-29-15-18-32-95(85)106(98)81-47-38-68(39-48-81)67-20-6-2-7-21-67)49-51-83(66)70-36-34-69(35-37-70)77-40-50-87-91-62-74(43-54-99(91)107(103(87)65-77)80-26-12-5-13-27-80)76-46-57-102-93(64-76)92-63-75(45-56-101(92)105(102)79-24-10-4-11-25-79)73-41-52-97-88(60-73)84-28-14-17-31-94(84)104(97)78-22-8-3-9-23-78/h2-57,59-66H,58H2,1H3. The first-order valence-corrected chi connectivity index (χ1v) is 37.6. The summed E-state index contributed by atoms with van der Waals surface area (Å²) in [6, 6.07) is 137. The minimum atomic E-state index is 0.294. The zero-order valence-corrected chi connectivity index (χ0v) is 59.4. The zero-order valence-electron chi connectivity index (χ0n) is 59.4. The van der Waals surface area contributed by atoms with E-state index in [1.54, 1.807) is 0 Å². The van der Waals surface area contributed by atoms with Crippen molar-refractivity contribution in [2.24, 2.45) is 5.92 Å². The van der Waals surface area contributed by atoms with Crippen LogP contribution < -0.4 is 0 Å². The summed E-state index contributed by atoms with van der Waals surface area (Å²) in [5, 5.41) is 12.4. The number of fused-ring (bicyclic) bond motifs is 15. The number of para-hydroxylation sites is 6. The van der Waals surface area contributed by atoms with E-state index in [0.717, 1.165) is 29.2 Å². The van der Waals surface area contributed by atoms with Gasteiger partial charge >= 0.3 is 0 Å². The number of hydrogen-bond donors (Lipinski definition) is 0. The van der Waals surface area contributed by atoms with Crippen LogP contribution in [0.15, 0.2) is 382 Å². The predicted molar refractivity (Wildman–Crippen MR) is 456 cm³/mol. The average molecular weight is 1380 g/mol. The van der Waals surface area contributed by atoms with Gasteiger partial charge < -0.3 is 22.8 Å². The maximum absolute atomic E-state index is 2.52. The van der Waals surface area contributed by atoms with Gasteiger partial charge in [-0.3, -0.25) is 0 Å². The molecular formula is C103H69N5. The van der Waals surface area contributed by atoms with Gasteiger partial charge in [0.05, 0.1) is 55.2 Å². The molecule has 0 saturated heterocycles. The molecule has 108 heavy (non-hydrogen) atoms. The Morgan fingerprint density at radius 1 is 0.185 bits per heavy atom. The highest BCUT2D eigenvalue weighted by molar-refractivity contribution is 6.17. The van der Waals surface area contributed by atoms with E-state index in [4.69, 9.17) is 0 Å². The fourth-order valence-electron chi connectivity index (χ4n) is 18.1. The van der Waals surface area contributed by atoms with Crippen molar-refractivity contribution < 1.29 is 0 Å². The van der Waals surface area contributed by atoms with Crippen LogP contribution in [0.3, 0.4) is 0 Å². The Morgan fingerprint density at radius 2 is 0.444 bits per heavy atom. The first kappa shape index (κ1) is 61.5. The Labute approximate surface area is 624 Å². The first-order chi connectivity index (χ1) is 53.5. The second kappa shape index (κ2) is 24.6. The molecule has 5 aromatic heterocycles. The number of allylic oxidation sites excluding steroid dienone is 4. The van der Waals surface area contributed by atoms with Crippen LogP contribution in [-0.2, 0) is 0 Å². The molecule has 1 atom stereocenters. The summed E-state index contributed by atoms with van der Waals surface area (Å²) in [6.07, 6.45) is 5.66. The van der Waals surface area contributed by atoms with Crippen molar-refractivity contribution in [3.05, 3.63) is 388 Å². The van der Waals surface area contributed by atoms with Gasteiger partial charge in [0.2, 0.25) is 0 Å². The molecule has 22 rings (SSSR count). The van der Waals surface area contributed by atoms with Gasteiger partial charge in [-0.15, -0.1) is 0 Å². The van der Waals surface area contributed by atoms with Gasteiger partial charge in [0.25, 0.3) is 0 Å². The van der Waals surface area contributed by atoms with E-state index in [0.29, 0.717) is 5.92 Å². The van der Waals surface area contributed by atoms with Crippen LogP contribution in [-0.4, -0.2) is 22.8 Å². The second-order valence-corrected chi connectivity index (χ2v) is 29.2. The minimum absolute atomic E-state index is 0.294. The minimum Gasteiger partial charge on any atom is -0.313 e. The summed E-state index contributed by atoms with van der Waals surface area (Å²) in [6.45, 7) is 2.39. The Kier molecular flexibility index (Phi) is 14.0. The Bertz CT molecular complexity index is 7280. The summed E-state index contributed by atoms with van der Waals surface area (Å²) in [4.78, 5) is 0. The Hall–Kier alpha value is -14.0. The lowest BCUT2D eigenvalue weighted by Gasteiger charge is -2.24. The van der Waals surface area contributed by atoms with Crippen LogP contribution in [0.1, 0.15) is 18.9 Å². The van der Waals surface area contributed by atoms with Crippen LogP contribution in [0.2, 0.25) is 0 Å². The van der Waals surface area contributed by atoms with Gasteiger partial charge in [-0.05, 0) is 231 Å². The highest BCUT2D eigenvalue weighted by atomic mass is 15.0. The smallest absolute Gasteiger partial charge is 0.0547 e. The van der Waals surface area contributed by atoms with E-state index in [1.807, 2.05) is 0 Å². The normalized spacial score (nSPS) is 13.4. The third-order valence-electron chi connectivity index (χ3n) is 23.2. The molecule has 0 saturated carbocycles. The lowest BCUT2D eigenvalue weighted by molar-refractivity contribution is 0.750. The summed E-state index contributed by atoms with van der Waals surface area (Å²) in [5.41, 5.74) is 32.5. The molecule has 0 amide bonds. The van der Waals surface area contributed by atoms with Crippen molar-refractivity contribution in [2.45, 2.75) is 13.3 Å². The number of rotatable bonds is 11. The van der Waals surface area contributed by atoms with Crippen molar-refractivity contribution in [1.82, 2.24) is 22.8 Å². The van der Waals surface area contributed by atoms with E-state index in [1.165, 1.54) is 181 Å². The maximum atomic E-state index is 2.52.